The maximum atomic E-state index is 5.07. The maximum absolute atomic E-state index is 5.07. The summed E-state index contributed by atoms with van der Waals surface area (Å²) in [6, 6.07) is 0. The van der Waals surface area contributed by atoms with Gasteiger partial charge in [0, 0.05) is 32.4 Å². The predicted octanol–water partition coefficient (Wildman–Crippen LogP) is 0.917. The summed E-state index contributed by atoms with van der Waals surface area (Å²) in [5, 5.41) is 4.19. The van der Waals surface area contributed by atoms with Crippen LogP contribution in [-0.2, 0) is 20.0 Å². The zero-order chi connectivity index (χ0) is 9.97. The van der Waals surface area contributed by atoms with Crippen LogP contribution in [0.4, 0.5) is 0 Å². The average molecular weight is 209 g/mol. The molecule has 0 spiro atoms. The first-order chi connectivity index (χ1) is 6.75. The van der Waals surface area contributed by atoms with Crippen molar-refractivity contribution in [3.8, 4) is 0 Å². The first-order valence-corrected chi connectivity index (χ1v) is 4.75. The van der Waals surface area contributed by atoms with E-state index in [0.29, 0.717) is 0 Å². The Morgan fingerprint density at radius 1 is 1.57 bits per heavy atom. The third kappa shape index (κ3) is 1.90. The lowest BCUT2D eigenvalue weighted by Crippen LogP contribution is -2.02. The molecule has 0 aliphatic carbocycles. The van der Waals surface area contributed by atoms with Gasteiger partial charge in [0.25, 0.3) is 0 Å². The fraction of sp³-hybridized carbons (Fsp3) is 0.375. The van der Waals surface area contributed by atoms with Gasteiger partial charge >= 0.3 is 0 Å². The average Bonchev–Trinajstić information content (AvgIpc) is 2.72. The second-order valence-electron chi connectivity index (χ2n) is 3.04. The van der Waals surface area contributed by atoms with Crippen LogP contribution < -0.4 is 0 Å². The Hall–Kier alpha value is -1.43. The Morgan fingerprint density at radius 2 is 2.43 bits per heavy atom. The van der Waals surface area contributed by atoms with Crippen LogP contribution in [0.25, 0.3) is 0 Å². The Balaban J connectivity index is 2.01. The van der Waals surface area contributed by atoms with Crippen LogP contribution >= 0.6 is 12.2 Å². The number of nitrogens with one attached hydrogen (secondary N) is 1. The van der Waals surface area contributed by atoms with Crippen LogP contribution in [0.1, 0.15) is 5.82 Å². The molecule has 14 heavy (non-hydrogen) atoms. The number of rotatable bonds is 3. The van der Waals surface area contributed by atoms with E-state index in [0.717, 1.165) is 23.6 Å². The number of aromatic nitrogens is 5. The summed E-state index contributed by atoms with van der Waals surface area (Å²) in [5.74, 6) is 0.843. The topological polar surface area (TPSA) is 51.4 Å². The smallest absolute Gasteiger partial charge is 0.177 e. The summed E-state index contributed by atoms with van der Waals surface area (Å²) >= 11 is 5.07. The van der Waals surface area contributed by atoms with E-state index in [1.165, 1.54) is 0 Å². The third-order valence-corrected chi connectivity index (χ3v) is 2.30. The van der Waals surface area contributed by atoms with E-state index in [2.05, 4.69) is 15.1 Å². The molecule has 0 aromatic carbocycles. The Morgan fingerprint density at radius 3 is 3.00 bits per heavy atom. The second kappa shape index (κ2) is 3.75. The van der Waals surface area contributed by atoms with Crippen molar-refractivity contribution < 1.29 is 0 Å². The van der Waals surface area contributed by atoms with E-state index < -0.39 is 0 Å². The van der Waals surface area contributed by atoms with Gasteiger partial charge in [-0.1, -0.05) is 0 Å². The molecule has 1 N–H and O–H groups in total. The highest BCUT2D eigenvalue weighted by Crippen LogP contribution is 1.96. The second-order valence-corrected chi connectivity index (χ2v) is 3.43. The summed E-state index contributed by atoms with van der Waals surface area (Å²) in [6.07, 6.45) is 6.25. The van der Waals surface area contributed by atoms with Gasteiger partial charge in [0.05, 0.1) is 0 Å². The summed E-state index contributed by atoms with van der Waals surface area (Å²) in [6.45, 7) is 0.812. The minimum absolute atomic E-state index is 0.737. The molecule has 0 radical (unpaired) electrons. The molecule has 0 bridgehead atoms. The number of nitrogens with zero attached hydrogens (tertiary/aromatic N) is 4. The van der Waals surface area contributed by atoms with Crippen LogP contribution in [-0.4, -0.2) is 24.3 Å². The highest BCUT2D eigenvalue weighted by atomic mass is 32.1. The minimum Gasteiger partial charge on any atom is -0.337 e. The van der Waals surface area contributed by atoms with Crippen molar-refractivity contribution in [1.29, 1.82) is 0 Å². The quantitative estimate of drug-likeness (QED) is 0.765. The molecule has 0 aliphatic rings. The van der Waals surface area contributed by atoms with Gasteiger partial charge in [-0.05, 0) is 12.2 Å². The molecule has 5 nitrogen and oxygen atoms in total. The van der Waals surface area contributed by atoms with E-state index in [4.69, 9.17) is 12.2 Å². The van der Waals surface area contributed by atoms with Gasteiger partial charge < -0.3 is 9.55 Å². The number of aryl methyl sites for hydroxylation is 3. The molecule has 0 amide bonds. The first kappa shape index (κ1) is 9.14. The monoisotopic (exact) mass is 209 g/mol. The van der Waals surface area contributed by atoms with Crippen LogP contribution in [0, 0.1) is 4.77 Å². The van der Waals surface area contributed by atoms with Crippen molar-refractivity contribution in [2.75, 3.05) is 0 Å². The first-order valence-electron chi connectivity index (χ1n) is 4.34. The fourth-order valence-corrected chi connectivity index (χ4v) is 1.46. The van der Waals surface area contributed by atoms with Crippen LogP contribution in [0.2, 0.25) is 0 Å². The molecule has 0 fully saturated rings. The number of H-pyrrole nitrogens is 1. The SMILES string of the molecule is Cn1cnc(CCn2cc[nH]c2=S)n1. The summed E-state index contributed by atoms with van der Waals surface area (Å²) in [5.41, 5.74) is 0. The minimum atomic E-state index is 0.737. The van der Waals surface area contributed by atoms with E-state index >= 15 is 0 Å². The molecule has 0 aliphatic heterocycles. The molecule has 2 aromatic heterocycles. The van der Waals surface area contributed by atoms with Crippen molar-refractivity contribution in [3.63, 3.8) is 0 Å². The van der Waals surface area contributed by atoms with Crippen LogP contribution in [0.5, 0.6) is 0 Å². The van der Waals surface area contributed by atoms with Gasteiger partial charge in [0.15, 0.2) is 10.6 Å². The Kier molecular flexibility index (Phi) is 2.45. The number of hydrogen-bond donors (Lipinski definition) is 1. The predicted molar refractivity (Wildman–Crippen MR) is 54.3 cm³/mol. The lowest BCUT2D eigenvalue weighted by molar-refractivity contribution is 0.652. The molecule has 0 unspecified atom stereocenters. The van der Waals surface area contributed by atoms with Gasteiger partial charge in [-0.25, -0.2) is 4.98 Å². The number of hydrogen-bond acceptors (Lipinski definition) is 3. The molecule has 2 aromatic rings. The molecule has 0 saturated carbocycles. The van der Waals surface area contributed by atoms with Gasteiger partial charge in [-0.2, -0.15) is 5.10 Å². The zero-order valence-corrected chi connectivity index (χ0v) is 8.66. The standard InChI is InChI=1S/C8H11N5S/c1-12-6-10-7(11-12)2-4-13-5-3-9-8(13)14/h3,5-6H,2,4H2,1H3,(H,9,14). The third-order valence-electron chi connectivity index (χ3n) is 1.95. The van der Waals surface area contributed by atoms with Crippen molar-refractivity contribution in [2.24, 2.45) is 7.05 Å². The molecule has 2 rings (SSSR count). The van der Waals surface area contributed by atoms with E-state index in [9.17, 15) is 0 Å². The lowest BCUT2D eigenvalue weighted by Gasteiger charge is -1.97. The van der Waals surface area contributed by atoms with Crippen LogP contribution in [0.3, 0.4) is 0 Å². The van der Waals surface area contributed by atoms with Gasteiger partial charge in [0.1, 0.15) is 6.33 Å². The summed E-state index contributed by atoms with van der Waals surface area (Å²) < 4.78 is 4.40. The summed E-state index contributed by atoms with van der Waals surface area (Å²) in [7, 11) is 1.86. The molecular formula is C8H11N5S. The molecular weight excluding hydrogens is 198 g/mol. The molecule has 2 heterocycles. The highest BCUT2D eigenvalue weighted by molar-refractivity contribution is 7.71. The normalized spacial score (nSPS) is 10.6. The van der Waals surface area contributed by atoms with E-state index in [1.807, 2.05) is 24.0 Å². The van der Waals surface area contributed by atoms with Crippen molar-refractivity contribution in [2.45, 2.75) is 13.0 Å². The Labute approximate surface area is 86.4 Å². The fourth-order valence-electron chi connectivity index (χ4n) is 1.24. The van der Waals surface area contributed by atoms with Crippen molar-refractivity contribution in [1.82, 2.24) is 24.3 Å². The van der Waals surface area contributed by atoms with Crippen molar-refractivity contribution in [3.05, 3.63) is 29.3 Å². The van der Waals surface area contributed by atoms with E-state index in [1.54, 1.807) is 11.0 Å². The largest absolute Gasteiger partial charge is 0.337 e. The van der Waals surface area contributed by atoms with Gasteiger partial charge in [-0.15, -0.1) is 0 Å². The lowest BCUT2D eigenvalue weighted by atomic mass is 10.4. The molecule has 6 heteroatoms. The maximum Gasteiger partial charge on any atom is 0.177 e. The Bertz CT molecular complexity index is 466. The van der Waals surface area contributed by atoms with Crippen molar-refractivity contribution >= 4 is 12.2 Å². The van der Waals surface area contributed by atoms with Crippen LogP contribution in [0.15, 0.2) is 18.7 Å². The summed E-state index contributed by atoms with van der Waals surface area (Å²) in [4.78, 5) is 7.08. The number of imidazole rings is 1. The number of aromatic amines is 1. The zero-order valence-electron chi connectivity index (χ0n) is 7.84. The molecule has 74 valence electrons. The molecule has 0 atom stereocenters. The van der Waals surface area contributed by atoms with Gasteiger partial charge in [0.2, 0.25) is 0 Å². The highest BCUT2D eigenvalue weighted by Gasteiger charge is 1.99. The van der Waals surface area contributed by atoms with E-state index in [-0.39, 0.29) is 0 Å². The molecule has 0 saturated heterocycles. The van der Waals surface area contributed by atoms with Gasteiger partial charge in [-0.3, -0.25) is 4.68 Å².